The van der Waals surface area contributed by atoms with Gasteiger partial charge in [0.1, 0.15) is 18.5 Å². The van der Waals surface area contributed by atoms with Gasteiger partial charge in [-0.3, -0.25) is 4.79 Å². The van der Waals surface area contributed by atoms with Gasteiger partial charge in [-0.15, -0.1) is 0 Å². The third-order valence-electron chi connectivity index (χ3n) is 2.54. The van der Waals surface area contributed by atoms with E-state index in [0.29, 0.717) is 13.0 Å². The first-order valence-corrected chi connectivity index (χ1v) is 6.59. The smallest absolute Gasteiger partial charge is 0.305 e. The van der Waals surface area contributed by atoms with Crippen molar-refractivity contribution in [3.05, 3.63) is 30.3 Å². The van der Waals surface area contributed by atoms with Crippen LogP contribution in [-0.2, 0) is 9.53 Å². The molecule has 0 aliphatic heterocycles. The predicted molar refractivity (Wildman–Crippen MR) is 71.6 cm³/mol. The Morgan fingerprint density at radius 3 is 2.61 bits per heavy atom. The highest BCUT2D eigenvalue weighted by molar-refractivity contribution is 5.69. The lowest BCUT2D eigenvalue weighted by molar-refractivity contribution is -0.145. The molecule has 0 fully saturated rings. The van der Waals surface area contributed by atoms with Crippen LogP contribution in [0.3, 0.4) is 0 Å². The molecule has 1 aromatic rings. The van der Waals surface area contributed by atoms with Crippen LogP contribution in [0.5, 0.6) is 5.75 Å². The lowest BCUT2D eigenvalue weighted by Gasteiger charge is -2.14. The minimum Gasteiger partial charge on any atom is -0.487 e. The first-order chi connectivity index (χ1) is 8.72. The molecule has 0 heterocycles. The highest BCUT2D eigenvalue weighted by Gasteiger charge is 2.08. The van der Waals surface area contributed by atoms with Crippen LogP contribution in [0, 0.1) is 0 Å². The first-order valence-electron chi connectivity index (χ1n) is 6.59. The maximum atomic E-state index is 11.4. The van der Waals surface area contributed by atoms with Crippen molar-refractivity contribution in [2.24, 2.45) is 0 Å². The Morgan fingerprint density at radius 1 is 1.22 bits per heavy atom. The van der Waals surface area contributed by atoms with Gasteiger partial charge in [-0.1, -0.05) is 38.0 Å². The normalized spacial score (nSPS) is 11.9. The van der Waals surface area contributed by atoms with E-state index in [1.165, 1.54) is 0 Å². The third kappa shape index (κ3) is 6.28. The van der Waals surface area contributed by atoms with Gasteiger partial charge < -0.3 is 9.47 Å². The Labute approximate surface area is 109 Å². The van der Waals surface area contributed by atoms with E-state index in [-0.39, 0.29) is 12.1 Å². The quantitative estimate of drug-likeness (QED) is 0.522. The Balaban J connectivity index is 2.17. The van der Waals surface area contributed by atoms with Crippen molar-refractivity contribution in [3.63, 3.8) is 0 Å². The van der Waals surface area contributed by atoms with E-state index in [1.54, 1.807) is 0 Å². The molecule has 0 radical (unpaired) electrons. The van der Waals surface area contributed by atoms with E-state index in [1.807, 2.05) is 37.3 Å². The summed E-state index contributed by atoms with van der Waals surface area (Å²) >= 11 is 0. The summed E-state index contributed by atoms with van der Waals surface area (Å²) in [5.74, 6) is 0.666. The Bertz CT molecular complexity index is 335. The number of ether oxygens (including phenoxy) is 2. The van der Waals surface area contributed by atoms with Crippen molar-refractivity contribution in [1.29, 1.82) is 0 Å². The summed E-state index contributed by atoms with van der Waals surface area (Å²) in [4.78, 5) is 11.4. The van der Waals surface area contributed by atoms with Gasteiger partial charge in [0.05, 0.1) is 0 Å². The molecule has 1 aromatic carbocycles. The average Bonchev–Trinajstić information content (AvgIpc) is 2.38. The second kappa shape index (κ2) is 8.56. The third-order valence-corrected chi connectivity index (χ3v) is 2.54. The van der Waals surface area contributed by atoms with Crippen molar-refractivity contribution >= 4 is 5.97 Å². The van der Waals surface area contributed by atoms with Crippen molar-refractivity contribution in [2.75, 3.05) is 6.61 Å². The van der Waals surface area contributed by atoms with Gasteiger partial charge in [-0.05, 0) is 25.5 Å². The molecule has 3 heteroatoms. The second-order valence-electron chi connectivity index (χ2n) is 4.38. The Morgan fingerprint density at radius 2 is 1.94 bits per heavy atom. The van der Waals surface area contributed by atoms with E-state index < -0.39 is 0 Å². The number of unbranched alkanes of at least 4 members (excludes halogenated alkanes) is 2. The topological polar surface area (TPSA) is 35.5 Å². The molecule has 100 valence electrons. The number of para-hydroxylation sites is 1. The van der Waals surface area contributed by atoms with Gasteiger partial charge in [0, 0.05) is 6.42 Å². The molecule has 0 aromatic heterocycles. The maximum absolute atomic E-state index is 11.4. The lowest BCUT2D eigenvalue weighted by atomic mass is 10.2. The summed E-state index contributed by atoms with van der Waals surface area (Å²) in [6.07, 6.45) is 3.48. The number of benzene rings is 1. The van der Waals surface area contributed by atoms with Crippen LogP contribution >= 0.6 is 0 Å². The summed E-state index contributed by atoms with van der Waals surface area (Å²) in [6, 6.07) is 9.54. The fourth-order valence-electron chi connectivity index (χ4n) is 1.57. The van der Waals surface area contributed by atoms with Crippen molar-refractivity contribution in [1.82, 2.24) is 0 Å². The number of hydrogen-bond acceptors (Lipinski definition) is 3. The molecular weight excluding hydrogens is 228 g/mol. The minimum atomic E-state index is -0.132. The van der Waals surface area contributed by atoms with E-state index in [4.69, 9.17) is 9.47 Å². The zero-order chi connectivity index (χ0) is 13.2. The Kier molecular flexibility index (Phi) is 6.92. The molecule has 18 heavy (non-hydrogen) atoms. The number of carbonyl (C=O) groups excluding carboxylic acids is 1. The van der Waals surface area contributed by atoms with E-state index >= 15 is 0 Å². The van der Waals surface area contributed by atoms with Crippen LogP contribution in [-0.4, -0.2) is 18.7 Å². The SMILES string of the molecule is CCCCCC(=O)OC[C@H](C)Oc1ccccc1. The summed E-state index contributed by atoms with van der Waals surface area (Å²) in [6.45, 7) is 4.31. The molecule has 1 rings (SSSR count). The van der Waals surface area contributed by atoms with Crippen LogP contribution in [0.4, 0.5) is 0 Å². The fourth-order valence-corrected chi connectivity index (χ4v) is 1.57. The highest BCUT2D eigenvalue weighted by atomic mass is 16.6. The molecule has 3 nitrogen and oxygen atoms in total. The van der Waals surface area contributed by atoms with Crippen molar-refractivity contribution in [3.8, 4) is 5.75 Å². The highest BCUT2D eigenvalue weighted by Crippen LogP contribution is 2.11. The molecule has 0 N–H and O–H groups in total. The van der Waals surface area contributed by atoms with Gasteiger partial charge in [0.2, 0.25) is 0 Å². The maximum Gasteiger partial charge on any atom is 0.305 e. The van der Waals surface area contributed by atoms with E-state index in [2.05, 4.69) is 6.92 Å². The van der Waals surface area contributed by atoms with E-state index in [0.717, 1.165) is 25.0 Å². The predicted octanol–water partition coefficient (Wildman–Crippen LogP) is 3.58. The lowest BCUT2D eigenvalue weighted by Crippen LogP contribution is -2.21. The first kappa shape index (κ1) is 14.6. The molecule has 0 aliphatic carbocycles. The zero-order valence-electron chi connectivity index (χ0n) is 11.2. The van der Waals surface area contributed by atoms with Crippen molar-refractivity contribution < 1.29 is 14.3 Å². The summed E-state index contributed by atoms with van der Waals surface area (Å²) in [7, 11) is 0. The van der Waals surface area contributed by atoms with Crippen LogP contribution < -0.4 is 4.74 Å². The molecule has 0 saturated carbocycles. The van der Waals surface area contributed by atoms with E-state index in [9.17, 15) is 4.79 Å². The molecule has 0 spiro atoms. The molecular formula is C15H22O3. The number of esters is 1. The van der Waals surface area contributed by atoms with Crippen LogP contribution in [0.15, 0.2) is 30.3 Å². The Hall–Kier alpha value is -1.51. The fraction of sp³-hybridized carbons (Fsp3) is 0.533. The van der Waals surface area contributed by atoms with Crippen LogP contribution in [0.2, 0.25) is 0 Å². The van der Waals surface area contributed by atoms with Gasteiger partial charge in [0.15, 0.2) is 0 Å². The standard InChI is InChI=1S/C15H22O3/c1-3-4-6-11-15(16)17-12-13(2)18-14-9-7-5-8-10-14/h5,7-10,13H,3-4,6,11-12H2,1-2H3/t13-/m0/s1. The zero-order valence-corrected chi connectivity index (χ0v) is 11.2. The number of rotatable bonds is 8. The monoisotopic (exact) mass is 250 g/mol. The largest absolute Gasteiger partial charge is 0.487 e. The van der Waals surface area contributed by atoms with Gasteiger partial charge >= 0.3 is 5.97 Å². The summed E-state index contributed by atoms with van der Waals surface area (Å²) in [5.41, 5.74) is 0. The minimum absolute atomic E-state index is 0.123. The summed E-state index contributed by atoms with van der Waals surface area (Å²) < 4.78 is 10.8. The molecule has 0 aliphatic rings. The van der Waals surface area contributed by atoms with Crippen molar-refractivity contribution in [2.45, 2.75) is 45.6 Å². The van der Waals surface area contributed by atoms with Crippen LogP contribution in [0.1, 0.15) is 39.5 Å². The molecule has 1 atom stereocenters. The summed E-state index contributed by atoms with van der Waals surface area (Å²) in [5, 5.41) is 0. The number of hydrogen-bond donors (Lipinski definition) is 0. The number of carbonyl (C=O) groups is 1. The van der Waals surface area contributed by atoms with Gasteiger partial charge in [-0.2, -0.15) is 0 Å². The molecule has 0 amide bonds. The van der Waals surface area contributed by atoms with Gasteiger partial charge in [-0.25, -0.2) is 0 Å². The van der Waals surface area contributed by atoms with Crippen LogP contribution in [0.25, 0.3) is 0 Å². The van der Waals surface area contributed by atoms with Gasteiger partial charge in [0.25, 0.3) is 0 Å². The molecule has 0 saturated heterocycles. The second-order valence-corrected chi connectivity index (χ2v) is 4.38. The molecule has 0 unspecified atom stereocenters. The average molecular weight is 250 g/mol. The molecule has 0 bridgehead atoms.